The third-order valence-electron chi connectivity index (χ3n) is 2.73. The number of nitrogens with one attached hydrogen (secondary N) is 1. The van der Waals surface area contributed by atoms with E-state index in [0.29, 0.717) is 5.92 Å². The van der Waals surface area contributed by atoms with Gasteiger partial charge in [0.05, 0.1) is 0 Å². The molecule has 0 amide bonds. The molecule has 1 saturated heterocycles. The predicted molar refractivity (Wildman–Crippen MR) is 63.2 cm³/mol. The zero-order valence-corrected chi connectivity index (χ0v) is 9.96. The Morgan fingerprint density at radius 2 is 2.33 bits per heavy atom. The molecule has 0 spiro atoms. The quantitative estimate of drug-likeness (QED) is 0.829. The highest BCUT2D eigenvalue weighted by Crippen LogP contribution is 2.12. The highest BCUT2D eigenvalue weighted by atomic mass is 32.1. The summed E-state index contributed by atoms with van der Waals surface area (Å²) in [6, 6.07) is 0. The summed E-state index contributed by atoms with van der Waals surface area (Å²) in [5, 5.41) is 4.25. The molecule has 1 atom stereocenters. The molecule has 1 aliphatic heterocycles. The Morgan fingerprint density at radius 1 is 1.53 bits per heavy atom. The monoisotopic (exact) mass is 226 g/mol. The third kappa shape index (κ3) is 3.43. The molecule has 1 aromatic rings. The van der Waals surface area contributed by atoms with Crippen molar-refractivity contribution in [3.8, 4) is 0 Å². The molecule has 4 nitrogen and oxygen atoms in total. The Labute approximate surface area is 94.9 Å². The molecule has 2 rings (SSSR count). The van der Waals surface area contributed by atoms with Crippen LogP contribution < -0.4 is 5.32 Å². The van der Waals surface area contributed by atoms with E-state index in [1.165, 1.54) is 44.0 Å². The van der Waals surface area contributed by atoms with Crippen LogP contribution in [-0.4, -0.2) is 40.4 Å². The summed E-state index contributed by atoms with van der Waals surface area (Å²) < 4.78 is 3.96. The van der Waals surface area contributed by atoms with Crippen molar-refractivity contribution >= 4 is 16.7 Å². The first kappa shape index (κ1) is 10.8. The number of hydrogen-bond donors (Lipinski definition) is 1. The molecule has 84 valence electrons. The first-order valence-electron chi connectivity index (χ1n) is 5.57. The van der Waals surface area contributed by atoms with E-state index in [9.17, 15) is 0 Å². The van der Waals surface area contributed by atoms with E-state index in [0.717, 1.165) is 11.7 Å². The van der Waals surface area contributed by atoms with E-state index >= 15 is 0 Å². The molecule has 15 heavy (non-hydrogen) atoms. The number of hydrogen-bond acceptors (Lipinski definition) is 5. The van der Waals surface area contributed by atoms with Crippen molar-refractivity contribution in [2.24, 2.45) is 5.92 Å². The van der Waals surface area contributed by atoms with Crippen LogP contribution in [0.1, 0.15) is 19.8 Å². The van der Waals surface area contributed by atoms with Crippen molar-refractivity contribution < 1.29 is 0 Å². The van der Waals surface area contributed by atoms with Crippen LogP contribution in [0, 0.1) is 5.92 Å². The van der Waals surface area contributed by atoms with Crippen LogP contribution in [0.3, 0.4) is 0 Å². The fourth-order valence-corrected chi connectivity index (χ4v) is 2.42. The largest absolute Gasteiger partial charge is 0.360 e. The van der Waals surface area contributed by atoms with E-state index in [4.69, 9.17) is 0 Å². The molecule has 0 aliphatic carbocycles. The fourth-order valence-electron chi connectivity index (χ4n) is 1.98. The van der Waals surface area contributed by atoms with Crippen molar-refractivity contribution in [1.29, 1.82) is 0 Å². The maximum absolute atomic E-state index is 4.10. The van der Waals surface area contributed by atoms with Crippen molar-refractivity contribution in [1.82, 2.24) is 14.3 Å². The van der Waals surface area contributed by atoms with Crippen LogP contribution in [0.5, 0.6) is 0 Å². The van der Waals surface area contributed by atoms with E-state index in [2.05, 4.69) is 26.5 Å². The second kappa shape index (κ2) is 5.42. The average Bonchev–Trinajstić information content (AvgIpc) is 2.86. The minimum atomic E-state index is 0.673. The number of rotatable bonds is 5. The van der Waals surface area contributed by atoms with Gasteiger partial charge in [0.2, 0.25) is 5.13 Å². The minimum Gasteiger partial charge on any atom is -0.360 e. The van der Waals surface area contributed by atoms with Crippen LogP contribution >= 0.6 is 11.5 Å². The topological polar surface area (TPSA) is 41.1 Å². The van der Waals surface area contributed by atoms with Gasteiger partial charge in [-0.1, -0.05) is 6.92 Å². The Balaban J connectivity index is 1.66. The third-order valence-corrected chi connectivity index (χ3v) is 3.35. The summed E-state index contributed by atoms with van der Waals surface area (Å²) in [7, 11) is 0. The SMILES string of the molecule is CC(CNc1ncns1)CN1CCCC1. The van der Waals surface area contributed by atoms with Crippen LogP contribution in [0.15, 0.2) is 6.33 Å². The summed E-state index contributed by atoms with van der Waals surface area (Å²) in [5.41, 5.74) is 0. The molecule has 1 aromatic heterocycles. The van der Waals surface area contributed by atoms with Gasteiger partial charge in [-0.3, -0.25) is 0 Å². The summed E-state index contributed by atoms with van der Waals surface area (Å²) in [4.78, 5) is 6.65. The van der Waals surface area contributed by atoms with E-state index in [-0.39, 0.29) is 0 Å². The summed E-state index contributed by atoms with van der Waals surface area (Å²) in [5.74, 6) is 0.673. The fraction of sp³-hybridized carbons (Fsp3) is 0.800. The molecule has 1 fully saturated rings. The average molecular weight is 226 g/mol. The Kier molecular flexibility index (Phi) is 3.91. The zero-order chi connectivity index (χ0) is 10.5. The Bertz CT molecular complexity index is 269. The lowest BCUT2D eigenvalue weighted by Crippen LogP contribution is -2.28. The molecule has 1 aliphatic rings. The maximum Gasteiger partial charge on any atom is 0.202 e. The summed E-state index contributed by atoms with van der Waals surface area (Å²) >= 11 is 1.42. The molecule has 0 saturated carbocycles. The Hall–Kier alpha value is -0.680. The van der Waals surface area contributed by atoms with Gasteiger partial charge in [0.1, 0.15) is 6.33 Å². The highest BCUT2D eigenvalue weighted by Gasteiger charge is 2.14. The molecule has 1 unspecified atom stereocenters. The van der Waals surface area contributed by atoms with Crippen LogP contribution in [0.25, 0.3) is 0 Å². The van der Waals surface area contributed by atoms with Gasteiger partial charge in [0, 0.05) is 24.6 Å². The number of anilines is 1. The van der Waals surface area contributed by atoms with Crippen LogP contribution in [-0.2, 0) is 0 Å². The number of likely N-dealkylation sites (tertiary alicyclic amines) is 1. The lowest BCUT2D eigenvalue weighted by molar-refractivity contribution is 0.294. The molecule has 0 aromatic carbocycles. The molecular weight excluding hydrogens is 208 g/mol. The van der Waals surface area contributed by atoms with Gasteiger partial charge in [-0.15, -0.1) is 0 Å². The molecule has 0 radical (unpaired) electrons. The van der Waals surface area contributed by atoms with Crippen molar-refractivity contribution in [3.05, 3.63) is 6.33 Å². The van der Waals surface area contributed by atoms with Gasteiger partial charge in [0.15, 0.2) is 0 Å². The molecular formula is C10H18N4S. The number of aromatic nitrogens is 2. The summed E-state index contributed by atoms with van der Waals surface area (Å²) in [6.45, 7) is 7.04. The normalized spacial score (nSPS) is 19.3. The number of nitrogens with zero attached hydrogens (tertiary/aromatic N) is 3. The lowest BCUT2D eigenvalue weighted by Gasteiger charge is -2.20. The molecule has 2 heterocycles. The van der Waals surface area contributed by atoms with E-state index in [1.54, 1.807) is 6.33 Å². The first-order valence-corrected chi connectivity index (χ1v) is 6.35. The van der Waals surface area contributed by atoms with Gasteiger partial charge >= 0.3 is 0 Å². The molecule has 1 N–H and O–H groups in total. The van der Waals surface area contributed by atoms with E-state index < -0.39 is 0 Å². The van der Waals surface area contributed by atoms with Crippen LogP contribution in [0.2, 0.25) is 0 Å². The standard InChI is InChI=1S/C10H18N4S/c1-9(7-14-4-2-3-5-14)6-11-10-12-8-13-15-10/h8-9H,2-7H2,1H3,(H,11,12,13). The van der Waals surface area contributed by atoms with Crippen molar-refractivity contribution in [3.63, 3.8) is 0 Å². The lowest BCUT2D eigenvalue weighted by atomic mass is 10.2. The molecule has 0 bridgehead atoms. The second-order valence-corrected chi connectivity index (χ2v) is 5.02. The Morgan fingerprint density at radius 3 is 3.00 bits per heavy atom. The second-order valence-electron chi connectivity index (χ2n) is 4.24. The smallest absolute Gasteiger partial charge is 0.202 e. The minimum absolute atomic E-state index is 0.673. The van der Waals surface area contributed by atoms with Gasteiger partial charge < -0.3 is 10.2 Å². The van der Waals surface area contributed by atoms with E-state index in [1.807, 2.05) is 0 Å². The van der Waals surface area contributed by atoms with Crippen LogP contribution in [0.4, 0.5) is 5.13 Å². The first-order chi connectivity index (χ1) is 7.34. The maximum atomic E-state index is 4.10. The van der Waals surface area contributed by atoms with Gasteiger partial charge in [-0.2, -0.15) is 4.37 Å². The van der Waals surface area contributed by atoms with Crippen molar-refractivity contribution in [2.45, 2.75) is 19.8 Å². The highest BCUT2D eigenvalue weighted by molar-refractivity contribution is 7.09. The zero-order valence-electron chi connectivity index (χ0n) is 9.15. The summed E-state index contributed by atoms with van der Waals surface area (Å²) in [6.07, 6.45) is 4.34. The van der Waals surface area contributed by atoms with Crippen molar-refractivity contribution in [2.75, 3.05) is 31.5 Å². The predicted octanol–water partition coefficient (Wildman–Crippen LogP) is 1.68. The van der Waals surface area contributed by atoms with Gasteiger partial charge in [-0.05, 0) is 31.8 Å². The van der Waals surface area contributed by atoms with Gasteiger partial charge in [-0.25, -0.2) is 4.98 Å². The van der Waals surface area contributed by atoms with Gasteiger partial charge in [0.25, 0.3) is 0 Å². The molecule has 5 heteroatoms.